The van der Waals surface area contributed by atoms with Crippen molar-refractivity contribution in [3.05, 3.63) is 46.5 Å². The van der Waals surface area contributed by atoms with Crippen molar-refractivity contribution in [1.29, 1.82) is 0 Å². The number of carbonyl (C=O) groups excluding carboxylic acids is 2. The highest BCUT2D eigenvalue weighted by atomic mass is 35.5. The molecule has 0 spiro atoms. The van der Waals surface area contributed by atoms with Gasteiger partial charge in [-0.05, 0) is 48.7 Å². The number of ether oxygens (including phenoxy) is 4. The van der Waals surface area contributed by atoms with Crippen LogP contribution in [0.1, 0.15) is 36.7 Å². The van der Waals surface area contributed by atoms with Crippen LogP contribution in [0.25, 0.3) is 0 Å². The van der Waals surface area contributed by atoms with Crippen LogP contribution < -0.4 is 29.7 Å². The molecular weight excluding hydrogens is 474 g/mol. The Labute approximate surface area is 208 Å². The molecule has 3 rings (SSSR count). The van der Waals surface area contributed by atoms with Crippen LogP contribution in [0.5, 0.6) is 23.0 Å². The molecule has 2 amide bonds. The molecule has 0 bridgehead atoms. The molecule has 35 heavy (non-hydrogen) atoms. The standard InChI is InChI=1S/C25H26ClN3O6/c1-5-9-33-23-18(26)10-16(11-21(23)32-6-2)13-27-29-25(31)22(15(3)4)28-24(30)17-7-8-19-20(12-17)35-14-34-19/h1,7-8,10-13,15,22H,6,9,14H2,2-4H3,(H,28,30)(H,29,31)/b27-13+. The van der Waals surface area contributed by atoms with E-state index in [1.807, 2.05) is 20.8 Å². The summed E-state index contributed by atoms with van der Waals surface area (Å²) >= 11 is 6.30. The second kappa shape index (κ2) is 12.0. The Morgan fingerprint density at radius 2 is 2.00 bits per heavy atom. The molecule has 10 heteroatoms. The summed E-state index contributed by atoms with van der Waals surface area (Å²) < 4.78 is 21.6. The maximum Gasteiger partial charge on any atom is 0.262 e. The van der Waals surface area contributed by atoms with Gasteiger partial charge in [-0.15, -0.1) is 6.42 Å². The summed E-state index contributed by atoms with van der Waals surface area (Å²) in [6.07, 6.45) is 6.66. The van der Waals surface area contributed by atoms with Gasteiger partial charge in [-0.1, -0.05) is 31.4 Å². The quantitative estimate of drug-likeness (QED) is 0.295. The maximum absolute atomic E-state index is 12.8. The number of hydrazone groups is 1. The fourth-order valence-corrected chi connectivity index (χ4v) is 3.49. The monoisotopic (exact) mass is 499 g/mol. The maximum atomic E-state index is 12.8. The van der Waals surface area contributed by atoms with E-state index in [4.69, 9.17) is 37.0 Å². The number of carbonyl (C=O) groups is 2. The summed E-state index contributed by atoms with van der Waals surface area (Å²) in [6.45, 7) is 5.99. The molecule has 2 N–H and O–H groups in total. The van der Waals surface area contributed by atoms with Gasteiger partial charge in [-0.25, -0.2) is 5.43 Å². The van der Waals surface area contributed by atoms with Crippen LogP contribution in [-0.2, 0) is 4.79 Å². The van der Waals surface area contributed by atoms with Gasteiger partial charge in [-0.3, -0.25) is 9.59 Å². The van der Waals surface area contributed by atoms with Gasteiger partial charge in [0.1, 0.15) is 12.6 Å². The first-order valence-corrected chi connectivity index (χ1v) is 11.3. The molecule has 0 saturated heterocycles. The Morgan fingerprint density at radius 3 is 2.71 bits per heavy atom. The second-order valence-electron chi connectivity index (χ2n) is 7.75. The number of nitrogens with one attached hydrogen (secondary N) is 2. The van der Waals surface area contributed by atoms with E-state index in [1.54, 1.807) is 30.3 Å². The molecule has 0 fully saturated rings. The average molecular weight is 500 g/mol. The fraction of sp³-hybridized carbons (Fsp3) is 0.320. The highest BCUT2D eigenvalue weighted by Gasteiger charge is 2.25. The lowest BCUT2D eigenvalue weighted by Gasteiger charge is -2.20. The Hall–Kier alpha value is -3.90. The van der Waals surface area contributed by atoms with Crippen molar-refractivity contribution in [3.63, 3.8) is 0 Å². The normalized spacial score (nSPS) is 12.8. The van der Waals surface area contributed by atoms with E-state index in [0.717, 1.165) is 0 Å². The summed E-state index contributed by atoms with van der Waals surface area (Å²) in [5.74, 6) is 3.06. The third-order valence-electron chi connectivity index (χ3n) is 4.89. The van der Waals surface area contributed by atoms with Crippen molar-refractivity contribution in [2.45, 2.75) is 26.8 Å². The van der Waals surface area contributed by atoms with E-state index in [0.29, 0.717) is 40.7 Å². The molecule has 1 aliphatic heterocycles. The molecule has 1 unspecified atom stereocenters. The molecule has 0 aliphatic carbocycles. The summed E-state index contributed by atoms with van der Waals surface area (Å²) in [5, 5.41) is 7.03. The molecule has 9 nitrogen and oxygen atoms in total. The fourth-order valence-electron chi connectivity index (χ4n) is 3.22. The SMILES string of the molecule is C#CCOc1c(Cl)cc(/C=N/NC(=O)C(NC(=O)c2ccc3c(c2)OCO3)C(C)C)cc1OCC. The molecule has 0 aromatic heterocycles. The van der Waals surface area contributed by atoms with Crippen LogP contribution in [0.3, 0.4) is 0 Å². The molecule has 0 saturated carbocycles. The minimum Gasteiger partial charge on any atom is -0.490 e. The highest BCUT2D eigenvalue weighted by Crippen LogP contribution is 2.36. The van der Waals surface area contributed by atoms with Crippen LogP contribution in [0.2, 0.25) is 5.02 Å². The van der Waals surface area contributed by atoms with Gasteiger partial charge in [0.2, 0.25) is 6.79 Å². The van der Waals surface area contributed by atoms with Crippen molar-refractivity contribution >= 4 is 29.6 Å². The van der Waals surface area contributed by atoms with Gasteiger partial charge in [0.05, 0.1) is 17.8 Å². The predicted molar refractivity (Wildman–Crippen MR) is 131 cm³/mol. The van der Waals surface area contributed by atoms with Gasteiger partial charge in [0.25, 0.3) is 11.8 Å². The van der Waals surface area contributed by atoms with E-state index in [1.165, 1.54) is 6.21 Å². The summed E-state index contributed by atoms with van der Waals surface area (Å²) in [4.78, 5) is 25.5. The van der Waals surface area contributed by atoms with Crippen molar-refractivity contribution in [2.24, 2.45) is 11.0 Å². The lowest BCUT2D eigenvalue weighted by atomic mass is 10.0. The van der Waals surface area contributed by atoms with E-state index in [-0.39, 0.29) is 24.3 Å². The Balaban J connectivity index is 1.67. The summed E-state index contributed by atoms with van der Waals surface area (Å²) in [5.41, 5.74) is 3.38. The Kier molecular flexibility index (Phi) is 8.81. The van der Waals surface area contributed by atoms with Gasteiger partial charge in [0.15, 0.2) is 23.0 Å². The lowest BCUT2D eigenvalue weighted by Crippen LogP contribution is -2.48. The van der Waals surface area contributed by atoms with E-state index >= 15 is 0 Å². The third-order valence-corrected chi connectivity index (χ3v) is 5.17. The zero-order valence-corrected chi connectivity index (χ0v) is 20.3. The van der Waals surface area contributed by atoms with E-state index < -0.39 is 17.9 Å². The van der Waals surface area contributed by atoms with Crippen molar-refractivity contribution in [1.82, 2.24) is 10.7 Å². The topological polar surface area (TPSA) is 107 Å². The molecule has 2 aromatic rings. The molecule has 2 aromatic carbocycles. The summed E-state index contributed by atoms with van der Waals surface area (Å²) in [6, 6.07) is 7.27. The molecule has 184 valence electrons. The van der Waals surface area contributed by atoms with Crippen LogP contribution in [-0.4, -0.2) is 44.1 Å². The van der Waals surface area contributed by atoms with Crippen LogP contribution in [0.4, 0.5) is 0 Å². The van der Waals surface area contributed by atoms with Crippen molar-refractivity contribution in [3.8, 4) is 35.3 Å². The van der Waals surface area contributed by atoms with Gasteiger partial charge in [0, 0.05) is 5.56 Å². The van der Waals surface area contributed by atoms with Crippen molar-refractivity contribution < 1.29 is 28.5 Å². The van der Waals surface area contributed by atoms with Crippen LogP contribution >= 0.6 is 11.6 Å². The number of rotatable bonds is 10. The Bertz CT molecular complexity index is 1160. The predicted octanol–water partition coefficient (Wildman–Crippen LogP) is 3.38. The molecule has 0 radical (unpaired) electrons. The lowest BCUT2D eigenvalue weighted by molar-refractivity contribution is -0.123. The third kappa shape index (κ3) is 6.58. The van der Waals surface area contributed by atoms with Crippen molar-refractivity contribution in [2.75, 3.05) is 20.0 Å². The minimum absolute atomic E-state index is 0.0395. The smallest absolute Gasteiger partial charge is 0.262 e. The zero-order valence-electron chi connectivity index (χ0n) is 19.6. The number of halogens is 1. The number of terminal acetylenes is 1. The van der Waals surface area contributed by atoms with E-state index in [2.05, 4.69) is 21.8 Å². The van der Waals surface area contributed by atoms with Crippen LogP contribution in [0.15, 0.2) is 35.4 Å². The largest absolute Gasteiger partial charge is 0.490 e. The first-order chi connectivity index (χ1) is 16.8. The second-order valence-corrected chi connectivity index (χ2v) is 8.16. The summed E-state index contributed by atoms with van der Waals surface area (Å²) in [7, 11) is 0. The number of benzene rings is 2. The Morgan fingerprint density at radius 1 is 1.23 bits per heavy atom. The first-order valence-electron chi connectivity index (χ1n) is 10.9. The average Bonchev–Trinajstić information content (AvgIpc) is 3.30. The zero-order chi connectivity index (χ0) is 25.4. The van der Waals surface area contributed by atoms with Gasteiger partial charge in [-0.2, -0.15) is 5.10 Å². The molecular formula is C25H26ClN3O6. The number of fused-ring (bicyclic) bond motifs is 1. The first kappa shape index (κ1) is 25.7. The number of hydrogen-bond donors (Lipinski definition) is 2. The molecule has 1 aliphatic rings. The molecule has 1 atom stereocenters. The highest BCUT2D eigenvalue weighted by molar-refractivity contribution is 6.32. The molecule has 1 heterocycles. The minimum atomic E-state index is -0.827. The van der Waals surface area contributed by atoms with Crippen LogP contribution in [0, 0.1) is 18.3 Å². The van der Waals surface area contributed by atoms with E-state index in [9.17, 15) is 9.59 Å². The number of hydrogen-bond acceptors (Lipinski definition) is 7. The van der Waals surface area contributed by atoms with Gasteiger partial charge < -0.3 is 24.3 Å². The number of nitrogens with zero attached hydrogens (tertiary/aromatic N) is 1. The number of amides is 2. The van der Waals surface area contributed by atoms with Gasteiger partial charge >= 0.3 is 0 Å².